The van der Waals surface area contributed by atoms with Crippen molar-refractivity contribution in [3.8, 4) is 0 Å². The number of anilines is 1. The summed E-state index contributed by atoms with van der Waals surface area (Å²) in [5.74, 6) is 0. The molecule has 0 radical (unpaired) electrons. The number of benzene rings is 1. The van der Waals surface area contributed by atoms with E-state index in [0.717, 1.165) is 18.7 Å². The molecule has 0 aliphatic carbocycles. The molecule has 4 heteroatoms. The van der Waals surface area contributed by atoms with E-state index in [2.05, 4.69) is 23.9 Å². The van der Waals surface area contributed by atoms with Gasteiger partial charge in [-0.25, -0.2) is 0 Å². The van der Waals surface area contributed by atoms with Gasteiger partial charge in [-0.1, -0.05) is 12.1 Å². The van der Waals surface area contributed by atoms with E-state index in [1.54, 1.807) is 0 Å². The van der Waals surface area contributed by atoms with E-state index in [9.17, 15) is 5.11 Å². The topological polar surface area (TPSA) is 52.7 Å². The van der Waals surface area contributed by atoms with Crippen LogP contribution in [-0.2, 0) is 0 Å². The zero-order valence-electron chi connectivity index (χ0n) is 11.9. The first-order valence-electron chi connectivity index (χ1n) is 6.98. The van der Waals surface area contributed by atoms with E-state index in [0.29, 0.717) is 18.3 Å². The number of nitrogen functional groups attached to an aromatic ring is 1. The Hall–Kier alpha value is -1.10. The number of rotatable bonds is 4. The fraction of sp³-hybridized carbons (Fsp3) is 0.600. The fourth-order valence-electron chi connectivity index (χ4n) is 2.73. The van der Waals surface area contributed by atoms with Gasteiger partial charge in [-0.3, -0.25) is 0 Å². The van der Waals surface area contributed by atoms with Gasteiger partial charge in [-0.2, -0.15) is 0 Å². The lowest BCUT2D eigenvalue weighted by atomic mass is 10.0. The largest absolute Gasteiger partial charge is 0.399 e. The zero-order chi connectivity index (χ0) is 13.8. The second-order valence-corrected chi connectivity index (χ2v) is 5.66. The first-order valence-corrected chi connectivity index (χ1v) is 6.98. The van der Waals surface area contributed by atoms with E-state index in [1.807, 2.05) is 24.3 Å². The third-order valence-corrected chi connectivity index (χ3v) is 4.07. The second kappa shape index (κ2) is 6.37. The van der Waals surface area contributed by atoms with E-state index in [-0.39, 0.29) is 0 Å². The summed E-state index contributed by atoms with van der Waals surface area (Å²) in [6.45, 7) is 2.95. The van der Waals surface area contributed by atoms with Crippen molar-refractivity contribution in [2.45, 2.75) is 25.0 Å². The Bertz CT molecular complexity index is 402. The predicted octanol–water partition coefficient (Wildman–Crippen LogP) is 1.33. The average Bonchev–Trinajstić information content (AvgIpc) is 2.39. The monoisotopic (exact) mass is 263 g/mol. The van der Waals surface area contributed by atoms with Crippen LogP contribution in [0.4, 0.5) is 5.69 Å². The predicted molar refractivity (Wildman–Crippen MR) is 79.0 cm³/mol. The van der Waals surface area contributed by atoms with Crippen molar-refractivity contribution in [3.05, 3.63) is 29.8 Å². The van der Waals surface area contributed by atoms with Gasteiger partial charge in [0, 0.05) is 18.3 Å². The molecule has 1 saturated heterocycles. The van der Waals surface area contributed by atoms with E-state index in [1.165, 1.54) is 12.8 Å². The summed E-state index contributed by atoms with van der Waals surface area (Å²) in [4.78, 5) is 4.64. The minimum atomic E-state index is -0.465. The van der Waals surface area contributed by atoms with Crippen LogP contribution in [0.3, 0.4) is 0 Å². The molecule has 1 aromatic rings. The maximum Gasteiger partial charge on any atom is 0.0917 e. The van der Waals surface area contributed by atoms with Crippen LogP contribution in [0.1, 0.15) is 24.5 Å². The number of nitrogens with zero attached hydrogens (tertiary/aromatic N) is 2. The van der Waals surface area contributed by atoms with Gasteiger partial charge in [0.05, 0.1) is 6.10 Å². The second-order valence-electron chi connectivity index (χ2n) is 5.66. The van der Waals surface area contributed by atoms with Crippen LogP contribution in [0.5, 0.6) is 0 Å². The minimum Gasteiger partial charge on any atom is -0.399 e. The first kappa shape index (κ1) is 14.3. The summed E-state index contributed by atoms with van der Waals surface area (Å²) in [6, 6.07) is 8.10. The highest BCUT2D eigenvalue weighted by molar-refractivity contribution is 5.41. The number of aliphatic hydroxyl groups excluding tert-OH is 1. The lowest BCUT2D eigenvalue weighted by Gasteiger charge is -2.36. The van der Waals surface area contributed by atoms with Crippen molar-refractivity contribution < 1.29 is 5.11 Å². The van der Waals surface area contributed by atoms with Crippen LogP contribution in [0.25, 0.3) is 0 Å². The Morgan fingerprint density at radius 1 is 1.42 bits per heavy atom. The third-order valence-electron chi connectivity index (χ3n) is 4.07. The molecule has 3 N–H and O–H groups in total. The highest BCUT2D eigenvalue weighted by Crippen LogP contribution is 2.20. The number of piperidine rings is 1. The van der Waals surface area contributed by atoms with E-state index >= 15 is 0 Å². The normalized spacial score (nSPS) is 19.8. The molecular formula is C15H25N3O. The number of hydrogen-bond donors (Lipinski definition) is 2. The quantitative estimate of drug-likeness (QED) is 0.805. The van der Waals surface area contributed by atoms with Crippen molar-refractivity contribution in [1.82, 2.24) is 9.80 Å². The molecule has 4 nitrogen and oxygen atoms in total. The van der Waals surface area contributed by atoms with Gasteiger partial charge < -0.3 is 20.6 Å². The van der Waals surface area contributed by atoms with Gasteiger partial charge in [0.2, 0.25) is 0 Å². The van der Waals surface area contributed by atoms with Gasteiger partial charge >= 0.3 is 0 Å². The molecule has 0 bridgehead atoms. The van der Waals surface area contributed by atoms with Gasteiger partial charge in [0.1, 0.15) is 0 Å². The molecule has 1 atom stereocenters. The van der Waals surface area contributed by atoms with Crippen LogP contribution >= 0.6 is 0 Å². The fourth-order valence-corrected chi connectivity index (χ4v) is 2.73. The van der Waals surface area contributed by atoms with Gasteiger partial charge in [0.15, 0.2) is 0 Å². The molecular weight excluding hydrogens is 238 g/mol. The van der Waals surface area contributed by atoms with Crippen molar-refractivity contribution >= 4 is 5.69 Å². The Labute approximate surface area is 115 Å². The molecule has 1 heterocycles. The van der Waals surface area contributed by atoms with Crippen molar-refractivity contribution in [1.29, 1.82) is 0 Å². The van der Waals surface area contributed by atoms with Crippen LogP contribution in [-0.4, -0.2) is 54.7 Å². The summed E-state index contributed by atoms with van der Waals surface area (Å²) < 4.78 is 0. The summed E-state index contributed by atoms with van der Waals surface area (Å²) >= 11 is 0. The number of nitrogens with two attached hydrogens (primary N) is 1. The Kier molecular flexibility index (Phi) is 4.80. The molecule has 19 heavy (non-hydrogen) atoms. The molecule has 0 spiro atoms. The Balaban J connectivity index is 1.89. The Morgan fingerprint density at radius 3 is 2.74 bits per heavy atom. The van der Waals surface area contributed by atoms with Gasteiger partial charge in [0.25, 0.3) is 0 Å². The average molecular weight is 263 g/mol. The summed E-state index contributed by atoms with van der Waals surface area (Å²) in [5, 5.41) is 10.3. The summed E-state index contributed by atoms with van der Waals surface area (Å²) in [5.41, 5.74) is 7.36. The SMILES string of the molecule is CN1CCC(N(C)CC(O)c2cccc(N)c2)CC1. The van der Waals surface area contributed by atoms with Crippen molar-refractivity contribution in [2.24, 2.45) is 0 Å². The van der Waals surface area contributed by atoms with Crippen LogP contribution in [0.2, 0.25) is 0 Å². The molecule has 1 fully saturated rings. The zero-order valence-corrected chi connectivity index (χ0v) is 11.9. The molecule has 1 aliphatic heterocycles. The third kappa shape index (κ3) is 3.93. The molecule has 1 aromatic carbocycles. The molecule has 2 rings (SSSR count). The van der Waals surface area contributed by atoms with Crippen LogP contribution in [0, 0.1) is 0 Å². The standard InChI is InChI=1S/C15H25N3O/c1-17-8-6-14(7-9-17)18(2)11-15(19)12-4-3-5-13(16)10-12/h3-5,10,14-15,19H,6-9,11,16H2,1-2H3. The van der Waals surface area contributed by atoms with Gasteiger partial charge in [-0.15, -0.1) is 0 Å². The van der Waals surface area contributed by atoms with E-state index < -0.39 is 6.10 Å². The van der Waals surface area contributed by atoms with Gasteiger partial charge in [-0.05, 0) is 57.7 Å². The molecule has 1 unspecified atom stereocenters. The van der Waals surface area contributed by atoms with Crippen LogP contribution in [0.15, 0.2) is 24.3 Å². The Morgan fingerprint density at radius 2 is 2.11 bits per heavy atom. The number of hydrogen-bond acceptors (Lipinski definition) is 4. The first-order chi connectivity index (χ1) is 9.06. The molecule has 0 aromatic heterocycles. The number of aliphatic hydroxyl groups is 1. The smallest absolute Gasteiger partial charge is 0.0917 e. The maximum atomic E-state index is 10.3. The highest BCUT2D eigenvalue weighted by atomic mass is 16.3. The molecule has 0 amide bonds. The van der Waals surface area contributed by atoms with Crippen LogP contribution < -0.4 is 5.73 Å². The summed E-state index contributed by atoms with van der Waals surface area (Å²) in [6.07, 6.45) is 1.89. The molecule has 106 valence electrons. The minimum absolute atomic E-state index is 0.465. The lowest BCUT2D eigenvalue weighted by molar-refractivity contribution is 0.0789. The van der Waals surface area contributed by atoms with Crippen molar-refractivity contribution in [3.63, 3.8) is 0 Å². The molecule has 1 aliphatic rings. The summed E-state index contributed by atoms with van der Waals surface area (Å²) in [7, 11) is 4.27. The molecule has 0 saturated carbocycles. The lowest BCUT2D eigenvalue weighted by Crippen LogP contribution is -2.43. The maximum absolute atomic E-state index is 10.3. The van der Waals surface area contributed by atoms with Crippen molar-refractivity contribution in [2.75, 3.05) is 39.5 Å². The number of likely N-dealkylation sites (tertiary alicyclic amines) is 1. The van der Waals surface area contributed by atoms with E-state index in [4.69, 9.17) is 5.73 Å². The highest BCUT2D eigenvalue weighted by Gasteiger charge is 2.22. The number of likely N-dealkylation sites (N-methyl/N-ethyl adjacent to an activating group) is 1.